The van der Waals surface area contributed by atoms with Gasteiger partial charge in [-0.1, -0.05) is 31.9 Å². The molecule has 5 rings (SSSR count). The molecule has 134 valence electrons. The van der Waals surface area contributed by atoms with Crippen LogP contribution in [0.1, 0.15) is 44.8 Å². The summed E-state index contributed by atoms with van der Waals surface area (Å²) in [5.41, 5.74) is 0.568. The Hall–Kier alpha value is -1.79. The predicted octanol–water partition coefficient (Wildman–Crippen LogP) is 0.156. The number of hydrogen-bond acceptors (Lipinski definition) is 3. The minimum absolute atomic E-state index is 0.0810. The van der Waals surface area contributed by atoms with E-state index in [4.69, 9.17) is 0 Å². The van der Waals surface area contributed by atoms with Crippen LogP contribution in [0.2, 0.25) is 0 Å². The largest absolute Gasteiger partial charge is 0.297 e. The Bertz CT molecular complexity index is 716. The van der Waals surface area contributed by atoms with Crippen molar-refractivity contribution in [2.75, 3.05) is 26.2 Å². The van der Waals surface area contributed by atoms with Crippen molar-refractivity contribution in [3.8, 4) is 0 Å². The standard InChI is InChI=1S/C19H25N3O3/c1-3-4-9-19-12-20-10-18(2,17(19)23)11-21(13-19)16(20)14-7-5-6-8-15(14)22(24)25/h5-8,16H,3-4,9-13H2,1-2H3/p+2. The first-order chi connectivity index (χ1) is 11.9. The molecule has 2 N–H and O–H groups in total. The zero-order valence-corrected chi connectivity index (χ0v) is 15.0. The number of hydrogen-bond donors (Lipinski definition) is 2. The van der Waals surface area contributed by atoms with E-state index in [1.165, 1.54) is 9.80 Å². The predicted molar refractivity (Wildman–Crippen MR) is 92.3 cm³/mol. The van der Waals surface area contributed by atoms with Crippen LogP contribution >= 0.6 is 0 Å². The van der Waals surface area contributed by atoms with E-state index in [9.17, 15) is 14.9 Å². The molecule has 4 aliphatic heterocycles. The summed E-state index contributed by atoms with van der Waals surface area (Å²) in [4.78, 5) is 27.2. The van der Waals surface area contributed by atoms with Crippen LogP contribution in [0.25, 0.3) is 0 Å². The molecule has 6 nitrogen and oxygen atoms in total. The van der Waals surface area contributed by atoms with Gasteiger partial charge in [-0.2, -0.15) is 0 Å². The van der Waals surface area contributed by atoms with E-state index in [-0.39, 0.29) is 27.6 Å². The number of piperidine rings is 2. The summed E-state index contributed by atoms with van der Waals surface area (Å²) in [7, 11) is 0. The minimum Gasteiger partial charge on any atom is -0.297 e. The van der Waals surface area contributed by atoms with E-state index >= 15 is 0 Å². The maximum absolute atomic E-state index is 13.2. The van der Waals surface area contributed by atoms with Crippen molar-refractivity contribution >= 4 is 11.5 Å². The molecule has 2 atom stereocenters. The van der Waals surface area contributed by atoms with E-state index in [1.54, 1.807) is 12.1 Å². The molecule has 25 heavy (non-hydrogen) atoms. The second kappa shape index (κ2) is 5.61. The summed E-state index contributed by atoms with van der Waals surface area (Å²) in [6, 6.07) is 7.16. The van der Waals surface area contributed by atoms with Crippen molar-refractivity contribution in [2.45, 2.75) is 39.3 Å². The molecular weight excluding hydrogens is 318 g/mol. The Balaban J connectivity index is 1.73. The molecule has 4 heterocycles. The lowest BCUT2D eigenvalue weighted by Gasteiger charge is -2.59. The molecule has 0 radical (unpaired) electrons. The first-order valence-electron chi connectivity index (χ1n) is 9.38. The molecular formula is C19H27N3O3+2. The summed E-state index contributed by atoms with van der Waals surface area (Å²) < 4.78 is 0. The Morgan fingerprint density at radius 2 is 1.84 bits per heavy atom. The summed E-state index contributed by atoms with van der Waals surface area (Å²) in [6.07, 6.45) is 3.23. The van der Waals surface area contributed by atoms with E-state index in [2.05, 4.69) is 13.8 Å². The Kier molecular flexibility index (Phi) is 3.74. The third-order valence-corrected chi connectivity index (χ3v) is 6.67. The molecule has 4 aliphatic rings. The molecule has 0 aromatic heterocycles. The number of para-hydroxylation sites is 1. The van der Waals surface area contributed by atoms with Crippen LogP contribution in [0.5, 0.6) is 0 Å². The third-order valence-electron chi connectivity index (χ3n) is 6.67. The summed E-state index contributed by atoms with van der Waals surface area (Å²) in [6.45, 7) is 7.57. The van der Waals surface area contributed by atoms with Crippen LogP contribution in [-0.2, 0) is 4.79 Å². The molecule has 1 aromatic rings. The SMILES string of the molecule is CCCCC12C[NH+]3CC(C)(C[NH+](C1)C3c1ccccc1[N+](=O)[O-])C2=O. The highest BCUT2D eigenvalue weighted by Crippen LogP contribution is 2.40. The average molecular weight is 345 g/mol. The van der Waals surface area contributed by atoms with Gasteiger partial charge in [-0.25, -0.2) is 0 Å². The van der Waals surface area contributed by atoms with Crippen molar-refractivity contribution < 1.29 is 19.5 Å². The molecule has 4 saturated heterocycles. The fourth-order valence-corrected chi connectivity index (χ4v) is 5.92. The summed E-state index contributed by atoms with van der Waals surface area (Å²) >= 11 is 0. The number of nitro benzene ring substituents is 1. The number of nitrogens with zero attached hydrogens (tertiary/aromatic N) is 1. The van der Waals surface area contributed by atoms with E-state index in [0.29, 0.717) is 5.78 Å². The van der Waals surface area contributed by atoms with Crippen LogP contribution in [0.3, 0.4) is 0 Å². The molecule has 6 heteroatoms. The molecule has 0 saturated carbocycles. The number of carbonyl (C=O) groups is 1. The number of carbonyl (C=O) groups excluding carboxylic acids is 1. The van der Waals surface area contributed by atoms with Gasteiger partial charge in [0, 0.05) is 6.07 Å². The van der Waals surface area contributed by atoms with Crippen LogP contribution in [0.4, 0.5) is 5.69 Å². The maximum atomic E-state index is 13.2. The van der Waals surface area contributed by atoms with Crippen LogP contribution < -0.4 is 9.80 Å². The first kappa shape index (κ1) is 16.7. The van der Waals surface area contributed by atoms with Crippen molar-refractivity contribution in [2.24, 2.45) is 10.8 Å². The number of unbranched alkanes of at least 4 members (excludes halogenated alkanes) is 1. The van der Waals surface area contributed by atoms with Gasteiger partial charge >= 0.3 is 0 Å². The second-order valence-corrected chi connectivity index (χ2v) is 8.55. The fourth-order valence-electron chi connectivity index (χ4n) is 5.92. The second-order valence-electron chi connectivity index (χ2n) is 8.55. The van der Waals surface area contributed by atoms with Gasteiger partial charge in [-0.3, -0.25) is 24.7 Å². The third kappa shape index (κ3) is 2.34. The van der Waals surface area contributed by atoms with Crippen molar-refractivity contribution in [3.63, 3.8) is 0 Å². The summed E-state index contributed by atoms with van der Waals surface area (Å²) in [5.74, 6) is 0.460. The normalized spacial score (nSPS) is 39.0. The van der Waals surface area contributed by atoms with Gasteiger partial charge in [0.1, 0.15) is 42.6 Å². The van der Waals surface area contributed by atoms with Gasteiger partial charge in [0.05, 0.1) is 4.92 Å². The first-order valence-corrected chi connectivity index (χ1v) is 9.38. The topological polar surface area (TPSA) is 69.1 Å². The van der Waals surface area contributed by atoms with E-state index in [1.807, 2.05) is 12.1 Å². The van der Waals surface area contributed by atoms with Crippen molar-refractivity contribution in [1.82, 2.24) is 0 Å². The Labute approximate surface area is 147 Å². The number of Topliss-reactive ketones (excluding diaryl/α,β-unsaturated/α-hetero) is 1. The zero-order valence-electron chi connectivity index (χ0n) is 15.0. The highest BCUT2D eigenvalue weighted by molar-refractivity contribution is 5.91. The fraction of sp³-hybridized carbons (Fsp3) is 0.632. The molecule has 0 aliphatic carbocycles. The van der Waals surface area contributed by atoms with Gasteiger partial charge in [0.15, 0.2) is 5.78 Å². The quantitative estimate of drug-likeness (QED) is 0.590. The Morgan fingerprint density at radius 3 is 2.44 bits per heavy atom. The lowest BCUT2D eigenvalue weighted by molar-refractivity contribution is -1.18. The van der Waals surface area contributed by atoms with Gasteiger partial charge < -0.3 is 0 Å². The maximum Gasteiger partial charge on any atom is 0.285 e. The van der Waals surface area contributed by atoms with Crippen LogP contribution in [0.15, 0.2) is 24.3 Å². The molecule has 0 spiro atoms. The number of nitrogens with one attached hydrogen (secondary N) is 2. The number of rotatable bonds is 5. The molecule has 2 unspecified atom stereocenters. The highest BCUT2D eigenvalue weighted by Gasteiger charge is 2.70. The number of nitro groups is 1. The van der Waals surface area contributed by atoms with Crippen molar-refractivity contribution in [1.29, 1.82) is 0 Å². The number of ketones is 1. The van der Waals surface area contributed by atoms with Gasteiger partial charge in [-0.05, 0) is 19.4 Å². The van der Waals surface area contributed by atoms with Crippen LogP contribution in [-0.4, -0.2) is 36.9 Å². The minimum atomic E-state index is -0.269. The average Bonchev–Trinajstić information content (AvgIpc) is 2.57. The zero-order chi connectivity index (χ0) is 17.8. The molecule has 0 amide bonds. The van der Waals surface area contributed by atoms with Crippen LogP contribution in [0, 0.1) is 20.9 Å². The van der Waals surface area contributed by atoms with E-state index in [0.717, 1.165) is 51.0 Å². The highest BCUT2D eigenvalue weighted by atomic mass is 16.6. The van der Waals surface area contributed by atoms with E-state index < -0.39 is 0 Å². The number of quaternary nitrogens is 2. The molecule has 1 aromatic carbocycles. The lowest BCUT2D eigenvalue weighted by Crippen LogP contribution is -3.41. The molecule has 4 fully saturated rings. The van der Waals surface area contributed by atoms with Gasteiger partial charge in [0.2, 0.25) is 6.17 Å². The monoisotopic (exact) mass is 345 g/mol. The number of benzene rings is 1. The lowest BCUT2D eigenvalue weighted by atomic mass is 9.59. The molecule has 4 bridgehead atoms. The van der Waals surface area contributed by atoms with Gasteiger partial charge in [0.25, 0.3) is 5.69 Å². The van der Waals surface area contributed by atoms with Gasteiger partial charge in [-0.15, -0.1) is 0 Å². The smallest absolute Gasteiger partial charge is 0.285 e. The Morgan fingerprint density at radius 1 is 1.20 bits per heavy atom. The van der Waals surface area contributed by atoms with Crippen molar-refractivity contribution in [3.05, 3.63) is 39.9 Å². The summed E-state index contributed by atoms with van der Waals surface area (Å²) in [5, 5.41) is 11.5.